The molecule has 2 heterocycles. The van der Waals surface area contributed by atoms with Gasteiger partial charge in [-0.3, -0.25) is 4.79 Å². The van der Waals surface area contributed by atoms with Gasteiger partial charge in [0, 0.05) is 18.1 Å². The number of carboxylic acid groups (broad SMARTS) is 1. The molecule has 0 spiro atoms. The third kappa shape index (κ3) is 3.85. The van der Waals surface area contributed by atoms with Gasteiger partial charge in [-0.15, -0.1) is 0 Å². The van der Waals surface area contributed by atoms with Crippen molar-refractivity contribution in [2.24, 2.45) is 5.92 Å². The monoisotopic (exact) mass is 344 g/mol. The minimum Gasteiger partial charge on any atom is -0.480 e. The lowest BCUT2D eigenvalue weighted by Crippen LogP contribution is -2.48. The van der Waals surface area contributed by atoms with E-state index in [0.29, 0.717) is 18.8 Å². The number of hydrogen-bond donors (Lipinski definition) is 2. The number of benzene rings is 1. The number of aliphatic carboxylic acids is 1. The summed E-state index contributed by atoms with van der Waals surface area (Å²) in [5.74, 6) is -1.67. The zero-order valence-electron chi connectivity index (χ0n) is 13.9. The highest BCUT2D eigenvalue weighted by atomic mass is 16.5. The predicted octanol–water partition coefficient (Wildman–Crippen LogP) is 1.19. The number of carboxylic acids is 1. The molecular weight excluding hydrogens is 324 g/mol. The Hall–Kier alpha value is -2.74. The highest BCUT2D eigenvalue weighted by molar-refractivity contribution is 5.97. The van der Waals surface area contributed by atoms with Crippen LogP contribution in [0.5, 0.6) is 0 Å². The molecule has 1 amide bonds. The first-order chi connectivity index (χ1) is 12.1. The Balaban J connectivity index is 1.75. The summed E-state index contributed by atoms with van der Waals surface area (Å²) in [5, 5.41) is 16.2. The SMILES string of the molecule is Cc1cc(C(=O)N[C@@H](C(=O)O)[C@H]2CCCOC2)ccc1-n1cncn1. The van der Waals surface area contributed by atoms with Gasteiger partial charge < -0.3 is 15.2 Å². The van der Waals surface area contributed by atoms with Crippen molar-refractivity contribution in [3.05, 3.63) is 42.0 Å². The van der Waals surface area contributed by atoms with Gasteiger partial charge in [-0.05, 0) is 43.5 Å². The van der Waals surface area contributed by atoms with E-state index in [4.69, 9.17) is 4.74 Å². The van der Waals surface area contributed by atoms with Crippen LogP contribution in [-0.2, 0) is 9.53 Å². The molecule has 3 rings (SSSR count). The number of ether oxygens (including phenoxy) is 1. The number of carbonyl (C=O) groups excluding carboxylic acids is 1. The summed E-state index contributed by atoms with van der Waals surface area (Å²) in [5.41, 5.74) is 2.06. The van der Waals surface area contributed by atoms with Crippen LogP contribution in [-0.4, -0.2) is 51.0 Å². The average molecular weight is 344 g/mol. The number of hydrogen-bond acceptors (Lipinski definition) is 5. The second-order valence-electron chi connectivity index (χ2n) is 6.11. The number of nitrogens with one attached hydrogen (secondary N) is 1. The lowest BCUT2D eigenvalue weighted by molar-refractivity contribution is -0.142. The van der Waals surface area contributed by atoms with Crippen LogP contribution in [0.2, 0.25) is 0 Å². The summed E-state index contributed by atoms with van der Waals surface area (Å²) in [7, 11) is 0. The predicted molar refractivity (Wildman–Crippen MR) is 88.5 cm³/mol. The fourth-order valence-corrected chi connectivity index (χ4v) is 3.02. The maximum atomic E-state index is 12.5. The van der Waals surface area contributed by atoms with Crippen molar-refractivity contribution < 1.29 is 19.4 Å². The standard InChI is InChI=1S/C17H20N4O4/c1-11-7-12(4-5-14(11)21-10-18-9-19-21)16(22)20-15(17(23)24)13-3-2-6-25-8-13/h4-5,7,9-10,13,15H,2-3,6,8H2,1H3,(H,20,22)(H,23,24)/t13-,15+/m0/s1. The molecule has 0 radical (unpaired) electrons. The third-order valence-corrected chi connectivity index (χ3v) is 4.34. The second-order valence-corrected chi connectivity index (χ2v) is 6.11. The molecular formula is C17H20N4O4. The Bertz CT molecular complexity index is 754. The summed E-state index contributed by atoms with van der Waals surface area (Å²) in [6.07, 6.45) is 4.53. The van der Waals surface area contributed by atoms with Gasteiger partial charge in [0.05, 0.1) is 12.3 Å². The average Bonchev–Trinajstić information content (AvgIpc) is 3.14. The van der Waals surface area contributed by atoms with E-state index >= 15 is 0 Å². The minimum atomic E-state index is -1.04. The van der Waals surface area contributed by atoms with Crippen LogP contribution in [0, 0.1) is 12.8 Å². The van der Waals surface area contributed by atoms with E-state index in [1.54, 1.807) is 29.2 Å². The molecule has 2 atom stereocenters. The van der Waals surface area contributed by atoms with Crippen LogP contribution >= 0.6 is 0 Å². The molecule has 0 saturated carbocycles. The first-order valence-electron chi connectivity index (χ1n) is 8.13. The van der Waals surface area contributed by atoms with Crippen molar-refractivity contribution in [3.8, 4) is 5.69 Å². The number of aryl methyl sites for hydroxylation is 1. The highest BCUT2D eigenvalue weighted by Gasteiger charge is 2.31. The lowest BCUT2D eigenvalue weighted by atomic mass is 9.93. The van der Waals surface area contributed by atoms with Crippen molar-refractivity contribution in [2.45, 2.75) is 25.8 Å². The molecule has 1 fully saturated rings. The quantitative estimate of drug-likeness (QED) is 0.844. The summed E-state index contributed by atoms with van der Waals surface area (Å²) in [6.45, 7) is 2.85. The van der Waals surface area contributed by atoms with Crippen LogP contribution in [0.4, 0.5) is 0 Å². The molecule has 8 heteroatoms. The van der Waals surface area contributed by atoms with Crippen molar-refractivity contribution >= 4 is 11.9 Å². The fourth-order valence-electron chi connectivity index (χ4n) is 3.02. The van der Waals surface area contributed by atoms with E-state index in [1.165, 1.54) is 6.33 Å². The van der Waals surface area contributed by atoms with Gasteiger partial charge >= 0.3 is 5.97 Å². The second kappa shape index (κ2) is 7.43. The lowest BCUT2D eigenvalue weighted by Gasteiger charge is -2.28. The molecule has 0 aliphatic carbocycles. The Morgan fingerprint density at radius 1 is 1.44 bits per heavy atom. The zero-order chi connectivity index (χ0) is 17.8. The summed E-state index contributed by atoms with van der Waals surface area (Å²) < 4.78 is 6.95. The van der Waals surface area contributed by atoms with Gasteiger partial charge in [-0.2, -0.15) is 5.10 Å². The minimum absolute atomic E-state index is 0.217. The number of nitrogens with zero attached hydrogens (tertiary/aromatic N) is 3. The van der Waals surface area contributed by atoms with Crippen LogP contribution in [0.25, 0.3) is 5.69 Å². The molecule has 8 nitrogen and oxygen atoms in total. The van der Waals surface area contributed by atoms with Gasteiger partial charge in [0.1, 0.15) is 18.7 Å². The Morgan fingerprint density at radius 3 is 2.88 bits per heavy atom. The van der Waals surface area contributed by atoms with E-state index in [0.717, 1.165) is 24.1 Å². The molecule has 0 bridgehead atoms. The molecule has 1 aliphatic rings. The topological polar surface area (TPSA) is 106 Å². The van der Waals surface area contributed by atoms with Crippen molar-refractivity contribution in [1.29, 1.82) is 0 Å². The molecule has 0 unspecified atom stereocenters. The largest absolute Gasteiger partial charge is 0.480 e. The van der Waals surface area contributed by atoms with Crippen molar-refractivity contribution in [1.82, 2.24) is 20.1 Å². The first-order valence-corrected chi connectivity index (χ1v) is 8.13. The Kier molecular flexibility index (Phi) is 5.08. The maximum absolute atomic E-state index is 12.5. The van der Waals surface area contributed by atoms with Gasteiger partial charge in [0.2, 0.25) is 0 Å². The van der Waals surface area contributed by atoms with Gasteiger partial charge in [-0.25, -0.2) is 14.5 Å². The molecule has 1 aromatic carbocycles. The van der Waals surface area contributed by atoms with Crippen LogP contribution in [0.15, 0.2) is 30.9 Å². The third-order valence-electron chi connectivity index (χ3n) is 4.34. The van der Waals surface area contributed by atoms with Crippen molar-refractivity contribution in [3.63, 3.8) is 0 Å². The molecule has 2 aromatic rings. The van der Waals surface area contributed by atoms with E-state index in [-0.39, 0.29) is 5.92 Å². The van der Waals surface area contributed by atoms with Gasteiger partial charge in [0.25, 0.3) is 5.91 Å². The van der Waals surface area contributed by atoms with Gasteiger partial charge in [-0.1, -0.05) is 0 Å². The van der Waals surface area contributed by atoms with Crippen LogP contribution in [0.3, 0.4) is 0 Å². The van der Waals surface area contributed by atoms with E-state index in [2.05, 4.69) is 15.4 Å². The van der Waals surface area contributed by atoms with Crippen molar-refractivity contribution in [2.75, 3.05) is 13.2 Å². The van der Waals surface area contributed by atoms with E-state index < -0.39 is 17.9 Å². The first kappa shape index (κ1) is 17.1. The summed E-state index contributed by atoms with van der Waals surface area (Å²) in [4.78, 5) is 28.0. The Morgan fingerprint density at radius 2 is 2.28 bits per heavy atom. The zero-order valence-corrected chi connectivity index (χ0v) is 13.9. The maximum Gasteiger partial charge on any atom is 0.326 e. The molecule has 2 N–H and O–H groups in total. The normalized spacial score (nSPS) is 18.5. The fraction of sp³-hybridized carbons (Fsp3) is 0.412. The summed E-state index contributed by atoms with van der Waals surface area (Å²) in [6, 6.07) is 4.17. The highest BCUT2D eigenvalue weighted by Crippen LogP contribution is 2.19. The Labute approximate surface area is 144 Å². The smallest absolute Gasteiger partial charge is 0.326 e. The molecule has 132 valence electrons. The molecule has 1 saturated heterocycles. The number of aromatic nitrogens is 3. The van der Waals surface area contributed by atoms with E-state index in [9.17, 15) is 14.7 Å². The molecule has 25 heavy (non-hydrogen) atoms. The molecule has 1 aliphatic heterocycles. The van der Waals surface area contributed by atoms with E-state index in [1.807, 2.05) is 6.92 Å². The number of rotatable bonds is 5. The van der Waals surface area contributed by atoms with Gasteiger partial charge in [0.15, 0.2) is 0 Å². The van der Waals surface area contributed by atoms with Crippen LogP contribution < -0.4 is 5.32 Å². The number of amides is 1. The number of carbonyl (C=O) groups is 2. The summed E-state index contributed by atoms with van der Waals surface area (Å²) >= 11 is 0. The van der Waals surface area contributed by atoms with Crippen LogP contribution in [0.1, 0.15) is 28.8 Å². The molecule has 1 aromatic heterocycles.